The predicted octanol–water partition coefficient (Wildman–Crippen LogP) is 3.78. The number of hydrogen-bond donors (Lipinski definition) is 2. The van der Waals surface area contributed by atoms with Crippen molar-refractivity contribution >= 4 is 18.0 Å². The van der Waals surface area contributed by atoms with E-state index in [0.717, 1.165) is 31.7 Å². The Morgan fingerprint density at radius 3 is 2.41 bits per heavy atom. The van der Waals surface area contributed by atoms with Gasteiger partial charge in [0.05, 0.1) is 18.4 Å². The minimum Gasteiger partial charge on any atom is -0.369 e. The molecule has 176 valence electrons. The van der Waals surface area contributed by atoms with Gasteiger partial charge in [0.15, 0.2) is 5.69 Å². The summed E-state index contributed by atoms with van der Waals surface area (Å²) in [5, 5.41) is 6.54. The third-order valence-electron chi connectivity index (χ3n) is 7.41. The lowest BCUT2D eigenvalue weighted by atomic mass is 9.47. The van der Waals surface area contributed by atoms with Crippen molar-refractivity contribution in [3.63, 3.8) is 0 Å². The fourth-order valence-electron chi connectivity index (χ4n) is 6.03. The SMILES string of the molecule is CC(C)(C=Cn1ncc(C(=O)NC2C3CC4CC2CC(C(N)=O)(C4)C3)c1C(F)(F)F)CF. The molecule has 0 aliphatic heterocycles. The average Bonchev–Trinajstić information content (AvgIpc) is 3.13. The second kappa shape index (κ2) is 7.59. The number of hydrogen-bond acceptors (Lipinski definition) is 3. The maximum absolute atomic E-state index is 13.8. The number of primary amides is 1. The zero-order valence-electron chi connectivity index (χ0n) is 18.1. The van der Waals surface area contributed by atoms with Crippen LogP contribution in [0.15, 0.2) is 12.3 Å². The summed E-state index contributed by atoms with van der Waals surface area (Å²) in [7, 11) is 0. The van der Waals surface area contributed by atoms with Gasteiger partial charge in [0.25, 0.3) is 5.91 Å². The number of allylic oxidation sites excluding steroid dienone is 1. The number of rotatable bonds is 6. The monoisotopic (exact) mass is 456 g/mol. The van der Waals surface area contributed by atoms with Gasteiger partial charge in [-0.2, -0.15) is 18.3 Å². The van der Waals surface area contributed by atoms with E-state index in [-0.39, 0.29) is 23.8 Å². The van der Waals surface area contributed by atoms with Gasteiger partial charge in [-0.3, -0.25) is 14.0 Å². The molecule has 4 aliphatic rings. The first-order valence-corrected chi connectivity index (χ1v) is 10.9. The molecule has 2 atom stereocenters. The largest absolute Gasteiger partial charge is 0.434 e. The van der Waals surface area contributed by atoms with Crippen molar-refractivity contribution in [1.29, 1.82) is 0 Å². The second-order valence-electron chi connectivity index (χ2n) is 10.4. The van der Waals surface area contributed by atoms with Crippen LogP contribution in [0, 0.1) is 28.6 Å². The molecule has 1 aromatic rings. The molecule has 32 heavy (non-hydrogen) atoms. The van der Waals surface area contributed by atoms with Crippen molar-refractivity contribution in [1.82, 2.24) is 15.1 Å². The summed E-state index contributed by atoms with van der Waals surface area (Å²) in [5.41, 5.74) is 2.40. The first-order chi connectivity index (χ1) is 14.8. The Balaban J connectivity index is 1.58. The smallest absolute Gasteiger partial charge is 0.369 e. The molecule has 4 bridgehead atoms. The van der Waals surface area contributed by atoms with E-state index in [1.807, 2.05) is 0 Å². The molecule has 2 amide bonds. The van der Waals surface area contributed by atoms with Crippen LogP contribution in [0.2, 0.25) is 0 Å². The quantitative estimate of drug-likeness (QED) is 0.639. The first-order valence-electron chi connectivity index (χ1n) is 10.9. The van der Waals surface area contributed by atoms with E-state index < -0.39 is 40.8 Å². The number of halogens is 4. The summed E-state index contributed by atoms with van der Waals surface area (Å²) in [6.07, 6.45) is 1.96. The van der Waals surface area contributed by atoms with Gasteiger partial charge in [0, 0.05) is 23.1 Å². The van der Waals surface area contributed by atoms with E-state index in [2.05, 4.69) is 10.4 Å². The van der Waals surface area contributed by atoms with Crippen molar-refractivity contribution in [2.24, 2.45) is 34.3 Å². The third-order valence-corrected chi connectivity index (χ3v) is 7.41. The number of carbonyl (C=O) groups is 2. The lowest BCUT2D eigenvalue weighted by Gasteiger charge is -2.58. The molecule has 4 saturated carbocycles. The topological polar surface area (TPSA) is 90.0 Å². The summed E-state index contributed by atoms with van der Waals surface area (Å²) >= 11 is 0. The Morgan fingerprint density at radius 1 is 1.25 bits per heavy atom. The molecule has 3 N–H and O–H groups in total. The molecule has 1 aromatic heterocycles. The van der Waals surface area contributed by atoms with Crippen molar-refractivity contribution in [3.8, 4) is 0 Å². The number of nitrogens with two attached hydrogens (primary N) is 1. The highest BCUT2D eigenvalue weighted by Crippen LogP contribution is 2.60. The number of nitrogens with zero attached hydrogens (tertiary/aromatic N) is 2. The highest BCUT2D eigenvalue weighted by Gasteiger charge is 2.58. The molecule has 10 heteroatoms. The standard InChI is InChI=1S/C22H28F4N4O2/c1-20(2,11-23)3-4-30-17(22(24,25)26)15(10-28-30)18(31)29-16-13-5-12-6-14(16)9-21(7-12,8-13)19(27)32/h3-4,10,12-14,16H,5-9,11H2,1-2H3,(H2,27,32)(H,29,31). The number of carbonyl (C=O) groups excluding carboxylic acids is 2. The van der Waals surface area contributed by atoms with Crippen LogP contribution in [0.4, 0.5) is 17.6 Å². The van der Waals surface area contributed by atoms with Crippen molar-refractivity contribution in [3.05, 3.63) is 23.5 Å². The summed E-state index contributed by atoms with van der Waals surface area (Å²) in [6, 6.07) is -0.294. The highest BCUT2D eigenvalue weighted by atomic mass is 19.4. The zero-order chi connectivity index (χ0) is 23.5. The second-order valence-corrected chi connectivity index (χ2v) is 10.4. The van der Waals surface area contributed by atoms with Gasteiger partial charge in [-0.05, 0) is 49.9 Å². The summed E-state index contributed by atoms with van der Waals surface area (Å²) < 4.78 is 55.0. The summed E-state index contributed by atoms with van der Waals surface area (Å²) in [6.45, 7) is 2.33. The Labute approximate surface area is 183 Å². The van der Waals surface area contributed by atoms with Crippen LogP contribution < -0.4 is 11.1 Å². The van der Waals surface area contributed by atoms with Gasteiger partial charge in [0.1, 0.15) is 0 Å². The summed E-state index contributed by atoms with van der Waals surface area (Å²) in [4.78, 5) is 25.0. The normalized spacial score (nSPS) is 31.9. The maximum Gasteiger partial charge on any atom is 0.434 e. The van der Waals surface area contributed by atoms with Crippen LogP contribution in [-0.4, -0.2) is 34.3 Å². The predicted molar refractivity (Wildman–Crippen MR) is 109 cm³/mol. The number of amides is 2. The minimum atomic E-state index is -4.83. The average molecular weight is 456 g/mol. The molecule has 6 nitrogen and oxygen atoms in total. The number of aromatic nitrogens is 2. The molecule has 4 fully saturated rings. The fourth-order valence-corrected chi connectivity index (χ4v) is 6.03. The van der Waals surface area contributed by atoms with Gasteiger partial charge in [0.2, 0.25) is 5.91 Å². The Morgan fingerprint density at radius 2 is 1.88 bits per heavy atom. The molecule has 0 saturated heterocycles. The van der Waals surface area contributed by atoms with Crippen LogP contribution in [0.25, 0.3) is 6.20 Å². The van der Waals surface area contributed by atoms with E-state index in [1.54, 1.807) is 13.8 Å². The van der Waals surface area contributed by atoms with Crippen molar-refractivity contribution < 1.29 is 27.2 Å². The molecule has 2 unspecified atom stereocenters. The van der Waals surface area contributed by atoms with E-state index >= 15 is 0 Å². The highest BCUT2D eigenvalue weighted by molar-refractivity contribution is 5.95. The lowest BCUT2D eigenvalue weighted by molar-refractivity contribution is -0.145. The molecular weight excluding hydrogens is 428 g/mol. The van der Waals surface area contributed by atoms with Gasteiger partial charge in [-0.25, -0.2) is 4.68 Å². The molecule has 0 radical (unpaired) electrons. The number of alkyl halides is 4. The van der Waals surface area contributed by atoms with Gasteiger partial charge < -0.3 is 11.1 Å². The van der Waals surface area contributed by atoms with Gasteiger partial charge in [-0.15, -0.1) is 0 Å². The van der Waals surface area contributed by atoms with Crippen LogP contribution in [0.3, 0.4) is 0 Å². The van der Waals surface area contributed by atoms with E-state index in [1.165, 1.54) is 6.08 Å². The third kappa shape index (κ3) is 3.92. The van der Waals surface area contributed by atoms with Gasteiger partial charge in [-0.1, -0.05) is 19.9 Å². The van der Waals surface area contributed by atoms with E-state index in [4.69, 9.17) is 5.73 Å². The van der Waals surface area contributed by atoms with Crippen LogP contribution in [-0.2, 0) is 11.0 Å². The van der Waals surface area contributed by atoms with Crippen LogP contribution in [0.1, 0.15) is 62.0 Å². The van der Waals surface area contributed by atoms with Crippen molar-refractivity contribution in [2.45, 2.75) is 58.2 Å². The molecule has 4 aliphatic carbocycles. The summed E-state index contributed by atoms with van der Waals surface area (Å²) in [5.74, 6) is -0.747. The number of nitrogens with one attached hydrogen (secondary N) is 1. The molecule has 5 rings (SSSR count). The van der Waals surface area contributed by atoms with Crippen LogP contribution >= 0.6 is 0 Å². The Bertz CT molecular complexity index is 936. The lowest BCUT2D eigenvalue weighted by Crippen LogP contribution is -2.62. The van der Waals surface area contributed by atoms with E-state index in [0.29, 0.717) is 23.4 Å². The fraction of sp³-hybridized carbons (Fsp3) is 0.682. The Hall–Kier alpha value is -2.39. The minimum absolute atomic E-state index is 0.0207. The molecule has 0 aromatic carbocycles. The van der Waals surface area contributed by atoms with E-state index in [9.17, 15) is 27.2 Å². The van der Waals surface area contributed by atoms with Crippen LogP contribution in [0.5, 0.6) is 0 Å². The Kier molecular flexibility index (Phi) is 5.40. The molecular formula is C22H28F4N4O2. The molecule has 0 spiro atoms. The maximum atomic E-state index is 13.8. The van der Waals surface area contributed by atoms with Crippen molar-refractivity contribution in [2.75, 3.05) is 6.67 Å². The zero-order valence-corrected chi connectivity index (χ0v) is 18.1. The molecule has 1 heterocycles. The van der Waals surface area contributed by atoms with Gasteiger partial charge >= 0.3 is 6.18 Å². The first kappa shape index (κ1) is 22.8.